The van der Waals surface area contributed by atoms with E-state index in [0.29, 0.717) is 13.0 Å². The fourth-order valence-electron chi connectivity index (χ4n) is 1.85. The minimum Gasteiger partial charge on any atom is -0.481 e. The molecule has 120 valence electrons. The fourth-order valence-corrected chi connectivity index (χ4v) is 1.85. The quantitative estimate of drug-likeness (QED) is 0.681. The van der Waals surface area contributed by atoms with Gasteiger partial charge in [-0.1, -0.05) is 6.07 Å². The van der Waals surface area contributed by atoms with Gasteiger partial charge in [0.2, 0.25) is 11.8 Å². The van der Waals surface area contributed by atoms with Crippen LogP contribution in [0.3, 0.4) is 0 Å². The summed E-state index contributed by atoms with van der Waals surface area (Å²) in [5.74, 6) is -2.24. The summed E-state index contributed by atoms with van der Waals surface area (Å²) < 4.78 is 13.6. The highest BCUT2D eigenvalue weighted by Crippen LogP contribution is 2.15. The average Bonchev–Trinajstić information content (AvgIpc) is 2.41. The van der Waals surface area contributed by atoms with Crippen molar-refractivity contribution >= 4 is 23.5 Å². The summed E-state index contributed by atoms with van der Waals surface area (Å²) >= 11 is 0. The first-order valence-electron chi connectivity index (χ1n) is 6.99. The van der Waals surface area contributed by atoms with Gasteiger partial charge >= 0.3 is 5.97 Å². The second-order valence-corrected chi connectivity index (χ2v) is 4.73. The van der Waals surface area contributed by atoms with E-state index in [2.05, 4.69) is 10.6 Å². The summed E-state index contributed by atoms with van der Waals surface area (Å²) in [7, 11) is 0. The standard InChI is InChI=1S/C15H19FN2O4/c1-2-17-13(19)4-3-5-14(20)18-11-7-6-10(8-15(21)22)12(16)9-11/h6-7,9H,2-5,8H2,1H3,(H,17,19)(H,18,20)(H,21,22). The molecule has 0 aromatic heterocycles. The number of benzene rings is 1. The number of rotatable bonds is 8. The normalized spacial score (nSPS) is 10.1. The van der Waals surface area contributed by atoms with Crippen LogP contribution in [-0.2, 0) is 20.8 Å². The minimum absolute atomic E-state index is 0.0572. The van der Waals surface area contributed by atoms with E-state index in [-0.39, 0.29) is 35.9 Å². The molecule has 0 heterocycles. The highest BCUT2D eigenvalue weighted by atomic mass is 19.1. The topological polar surface area (TPSA) is 95.5 Å². The third-order valence-corrected chi connectivity index (χ3v) is 2.86. The van der Waals surface area contributed by atoms with Crippen LogP contribution in [0, 0.1) is 5.82 Å². The summed E-state index contributed by atoms with van der Waals surface area (Å²) in [6.45, 7) is 2.36. The zero-order valence-electron chi connectivity index (χ0n) is 12.3. The Kier molecular flexibility index (Phi) is 7.01. The largest absolute Gasteiger partial charge is 0.481 e. The molecular weight excluding hydrogens is 291 g/mol. The van der Waals surface area contributed by atoms with Gasteiger partial charge in [-0.3, -0.25) is 14.4 Å². The molecule has 0 atom stereocenters. The number of carboxylic acids is 1. The number of carboxylic acid groups (broad SMARTS) is 1. The molecule has 0 radical (unpaired) electrons. The molecule has 0 saturated heterocycles. The predicted octanol–water partition coefficient (Wildman–Crippen LogP) is 1.70. The third kappa shape index (κ3) is 6.34. The third-order valence-electron chi connectivity index (χ3n) is 2.86. The molecule has 0 spiro atoms. The number of hydrogen-bond acceptors (Lipinski definition) is 3. The number of amides is 2. The van der Waals surface area contributed by atoms with Crippen molar-refractivity contribution in [2.75, 3.05) is 11.9 Å². The van der Waals surface area contributed by atoms with E-state index >= 15 is 0 Å². The molecule has 7 heteroatoms. The number of nitrogens with one attached hydrogen (secondary N) is 2. The summed E-state index contributed by atoms with van der Waals surface area (Å²) in [4.78, 5) is 33.4. The molecule has 0 aliphatic rings. The van der Waals surface area contributed by atoms with Gasteiger partial charge in [0.1, 0.15) is 5.82 Å². The van der Waals surface area contributed by atoms with Crippen molar-refractivity contribution in [1.29, 1.82) is 0 Å². The Labute approximate surface area is 127 Å². The molecule has 1 aromatic rings. The molecule has 0 saturated carbocycles. The van der Waals surface area contributed by atoms with Crippen LogP contribution in [0.2, 0.25) is 0 Å². The van der Waals surface area contributed by atoms with Crippen LogP contribution in [0.5, 0.6) is 0 Å². The van der Waals surface area contributed by atoms with Crippen molar-refractivity contribution < 1.29 is 23.9 Å². The van der Waals surface area contributed by atoms with E-state index in [1.807, 2.05) is 6.92 Å². The first-order chi connectivity index (χ1) is 10.4. The van der Waals surface area contributed by atoms with Gasteiger partial charge in [-0.15, -0.1) is 0 Å². The van der Waals surface area contributed by atoms with E-state index in [0.717, 1.165) is 6.07 Å². The fraction of sp³-hybridized carbons (Fsp3) is 0.400. The number of aliphatic carboxylic acids is 1. The van der Waals surface area contributed by atoms with Crippen LogP contribution in [-0.4, -0.2) is 29.4 Å². The van der Waals surface area contributed by atoms with Crippen LogP contribution in [0.1, 0.15) is 31.7 Å². The average molecular weight is 310 g/mol. The lowest BCUT2D eigenvalue weighted by molar-refractivity contribution is -0.136. The van der Waals surface area contributed by atoms with Crippen LogP contribution < -0.4 is 10.6 Å². The lowest BCUT2D eigenvalue weighted by atomic mass is 10.1. The SMILES string of the molecule is CCNC(=O)CCCC(=O)Nc1ccc(CC(=O)O)c(F)c1. The monoisotopic (exact) mass is 310 g/mol. The molecule has 6 nitrogen and oxygen atoms in total. The molecule has 22 heavy (non-hydrogen) atoms. The van der Waals surface area contributed by atoms with Crippen LogP contribution in [0.15, 0.2) is 18.2 Å². The van der Waals surface area contributed by atoms with Crippen molar-refractivity contribution in [3.63, 3.8) is 0 Å². The van der Waals surface area contributed by atoms with Crippen molar-refractivity contribution in [3.05, 3.63) is 29.6 Å². The van der Waals surface area contributed by atoms with E-state index in [1.54, 1.807) is 0 Å². The zero-order chi connectivity index (χ0) is 16.5. The molecule has 3 N–H and O–H groups in total. The maximum atomic E-state index is 13.6. The summed E-state index contributed by atoms with van der Waals surface area (Å²) in [6.07, 6.45) is 0.395. The maximum absolute atomic E-state index is 13.6. The van der Waals surface area contributed by atoms with Gasteiger partial charge in [0.25, 0.3) is 0 Å². The van der Waals surface area contributed by atoms with Crippen LogP contribution in [0.25, 0.3) is 0 Å². The maximum Gasteiger partial charge on any atom is 0.307 e. The molecule has 0 fully saturated rings. The number of halogens is 1. The van der Waals surface area contributed by atoms with Crippen molar-refractivity contribution in [1.82, 2.24) is 5.32 Å². The van der Waals surface area contributed by atoms with Crippen LogP contribution in [0.4, 0.5) is 10.1 Å². The number of carbonyl (C=O) groups excluding carboxylic acids is 2. The number of hydrogen-bond donors (Lipinski definition) is 3. The van der Waals surface area contributed by atoms with Gasteiger partial charge in [0.15, 0.2) is 0 Å². The molecule has 0 unspecified atom stereocenters. The molecule has 0 aliphatic heterocycles. The van der Waals surface area contributed by atoms with E-state index in [4.69, 9.17) is 5.11 Å². The predicted molar refractivity (Wildman–Crippen MR) is 78.9 cm³/mol. The van der Waals surface area contributed by atoms with Crippen molar-refractivity contribution in [2.45, 2.75) is 32.6 Å². The first-order valence-corrected chi connectivity index (χ1v) is 6.99. The summed E-state index contributed by atoms with van der Waals surface area (Å²) in [5, 5.41) is 13.8. The van der Waals surface area contributed by atoms with Gasteiger partial charge in [-0.05, 0) is 31.0 Å². The molecule has 1 aromatic carbocycles. The highest BCUT2D eigenvalue weighted by Gasteiger charge is 2.10. The van der Waals surface area contributed by atoms with Gasteiger partial charge < -0.3 is 15.7 Å². The second-order valence-electron chi connectivity index (χ2n) is 4.73. The molecule has 2 amide bonds. The van der Waals surface area contributed by atoms with Crippen molar-refractivity contribution in [2.24, 2.45) is 0 Å². The minimum atomic E-state index is -1.12. The van der Waals surface area contributed by atoms with E-state index in [9.17, 15) is 18.8 Å². The lowest BCUT2D eigenvalue weighted by Gasteiger charge is -2.07. The molecule has 1 rings (SSSR count). The lowest BCUT2D eigenvalue weighted by Crippen LogP contribution is -2.22. The Morgan fingerprint density at radius 3 is 2.45 bits per heavy atom. The highest BCUT2D eigenvalue weighted by molar-refractivity contribution is 5.91. The van der Waals surface area contributed by atoms with Crippen LogP contribution >= 0.6 is 0 Å². The van der Waals surface area contributed by atoms with Gasteiger partial charge in [0, 0.05) is 25.1 Å². The Hall–Kier alpha value is -2.44. The number of carbonyl (C=O) groups is 3. The molecular formula is C15H19FN2O4. The van der Waals surface area contributed by atoms with Gasteiger partial charge in [-0.25, -0.2) is 4.39 Å². The van der Waals surface area contributed by atoms with E-state index in [1.165, 1.54) is 12.1 Å². The Balaban J connectivity index is 2.46. The Morgan fingerprint density at radius 2 is 1.86 bits per heavy atom. The first kappa shape index (κ1) is 17.6. The van der Waals surface area contributed by atoms with Gasteiger partial charge in [0.05, 0.1) is 6.42 Å². The zero-order valence-corrected chi connectivity index (χ0v) is 12.3. The molecule has 0 aliphatic carbocycles. The Morgan fingerprint density at radius 1 is 1.18 bits per heavy atom. The molecule has 0 bridgehead atoms. The summed E-state index contributed by atoms with van der Waals surface area (Å²) in [6, 6.07) is 3.86. The summed E-state index contributed by atoms with van der Waals surface area (Å²) in [5.41, 5.74) is 0.316. The van der Waals surface area contributed by atoms with Crippen molar-refractivity contribution in [3.8, 4) is 0 Å². The Bertz CT molecular complexity index is 560. The smallest absolute Gasteiger partial charge is 0.307 e. The van der Waals surface area contributed by atoms with Gasteiger partial charge in [-0.2, -0.15) is 0 Å². The number of anilines is 1. The van der Waals surface area contributed by atoms with E-state index < -0.39 is 18.2 Å². The second kappa shape index (κ2) is 8.76.